The van der Waals surface area contributed by atoms with Gasteiger partial charge < -0.3 is 26.5 Å². The molecule has 3 heterocycles. The van der Waals surface area contributed by atoms with E-state index in [4.69, 9.17) is 33.2 Å². The molecule has 2 aromatic heterocycles. The number of halogens is 2. The van der Waals surface area contributed by atoms with Crippen LogP contribution < -0.4 is 22.5 Å². The summed E-state index contributed by atoms with van der Waals surface area (Å²) in [4.78, 5) is 20.4. The van der Waals surface area contributed by atoms with E-state index in [-0.39, 0.29) is 23.3 Å². The number of amidine groups is 1. The number of nitrogens with zero attached hydrogens (tertiary/aromatic N) is 2. The van der Waals surface area contributed by atoms with Crippen molar-refractivity contribution in [3.8, 4) is 16.9 Å². The van der Waals surface area contributed by atoms with Gasteiger partial charge in [0, 0.05) is 36.3 Å². The summed E-state index contributed by atoms with van der Waals surface area (Å²) in [7, 11) is 0. The molecule has 0 amide bonds. The minimum absolute atomic E-state index is 0.0217. The Bertz CT molecular complexity index is 1670. The summed E-state index contributed by atoms with van der Waals surface area (Å²) in [6.07, 6.45) is 6.76. The monoisotopic (exact) mass is 621 g/mol. The Morgan fingerprint density at radius 3 is 2.75 bits per heavy atom. The number of rotatable bonds is 11. The first-order valence-corrected chi connectivity index (χ1v) is 15.6. The van der Waals surface area contributed by atoms with Crippen LogP contribution in [0.3, 0.4) is 0 Å². The van der Waals surface area contributed by atoms with Crippen LogP contribution in [0.4, 0.5) is 4.39 Å². The lowest BCUT2D eigenvalue weighted by molar-refractivity contribution is -0.0691. The van der Waals surface area contributed by atoms with Crippen LogP contribution in [0.2, 0.25) is 5.02 Å². The van der Waals surface area contributed by atoms with Gasteiger partial charge in [-0.25, -0.2) is 9.18 Å². The van der Waals surface area contributed by atoms with Crippen molar-refractivity contribution in [1.29, 1.82) is 5.41 Å². The molecule has 1 aliphatic heterocycles. The smallest absolute Gasteiger partial charge is 0.354 e. The SMILES string of the molecule is CC(=N)NCC[C@@H]1C[C@H](CN)O[C@@H](c2ccc(-n3cc4cc(-c5cc(CCC[C@H](C)N)cc(Cl)c5F)[nH]c4nc3=O)cc2)C1. The van der Waals surface area contributed by atoms with Crippen molar-refractivity contribution >= 4 is 28.5 Å². The molecule has 44 heavy (non-hydrogen) atoms. The van der Waals surface area contributed by atoms with Gasteiger partial charge in [-0.3, -0.25) is 9.98 Å². The first-order chi connectivity index (χ1) is 21.1. The Labute approximate surface area is 261 Å². The van der Waals surface area contributed by atoms with Crippen LogP contribution in [-0.4, -0.2) is 45.6 Å². The molecule has 1 aliphatic rings. The third-order valence-electron chi connectivity index (χ3n) is 8.26. The van der Waals surface area contributed by atoms with E-state index in [1.807, 2.05) is 31.2 Å². The lowest BCUT2D eigenvalue weighted by atomic mass is 9.86. The Morgan fingerprint density at radius 1 is 1.27 bits per heavy atom. The van der Waals surface area contributed by atoms with Gasteiger partial charge in [-0.1, -0.05) is 23.7 Å². The van der Waals surface area contributed by atoms with Crippen molar-refractivity contribution in [3.05, 3.63) is 81.1 Å². The first kappa shape index (κ1) is 31.8. The molecule has 11 heteroatoms. The number of aromatic nitrogens is 3. The molecule has 4 aromatic rings. The number of benzene rings is 2. The third kappa shape index (κ3) is 7.55. The maximum atomic E-state index is 15.1. The summed E-state index contributed by atoms with van der Waals surface area (Å²) < 4.78 is 22.9. The second-order valence-electron chi connectivity index (χ2n) is 11.9. The zero-order valence-electron chi connectivity index (χ0n) is 25.2. The molecule has 0 radical (unpaired) electrons. The fraction of sp³-hybridized carbons (Fsp3) is 0.424. The van der Waals surface area contributed by atoms with Crippen molar-refractivity contribution in [2.24, 2.45) is 17.4 Å². The molecule has 1 fully saturated rings. The Morgan fingerprint density at radius 2 is 2.05 bits per heavy atom. The number of aryl methyl sites for hydroxylation is 1. The molecule has 4 atom stereocenters. The highest BCUT2D eigenvalue weighted by Gasteiger charge is 2.29. The van der Waals surface area contributed by atoms with Crippen LogP contribution in [0.1, 0.15) is 63.2 Å². The molecule has 7 N–H and O–H groups in total. The van der Waals surface area contributed by atoms with Crippen LogP contribution in [0.5, 0.6) is 0 Å². The van der Waals surface area contributed by atoms with Gasteiger partial charge >= 0.3 is 5.69 Å². The zero-order valence-corrected chi connectivity index (χ0v) is 26.0. The van der Waals surface area contributed by atoms with Gasteiger partial charge in [-0.15, -0.1) is 0 Å². The predicted molar refractivity (Wildman–Crippen MR) is 174 cm³/mol. The van der Waals surface area contributed by atoms with E-state index in [9.17, 15) is 4.79 Å². The quantitative estimate of drug-likeness (QED) is 0.109. The summed E-state index contributed by atoms with van der Waals surface area (Å²) >= 11 is 6.26. The summed E-state index contributed by atoms with van der Waals surface area (Å²) in [5.41, 5.74) is 15.2. The summed E-state index contributed by atoms with van der Waals surface area (Å²) in [5, 5.41) is 11.4. The third-order valence-corrected chi connectivity index (χ3v) is 8.54. The summed E-state index contributed by atoms with van der Waals surface area (Å²) in [6.45, 7) is 4.91. The van der Waals surface area contributed by atoms with Crippen LogP contribution in [0.25, 0.3) is 28.0 Å². The molecule has 0 aliphatic carbocycles. The highest BCUT2D eigenvalue weighted by Crippen LogP contribution is 2.36. The van der Waals surface area contributed by atoms with E-state index in [2.05, 4.69) is 15.3 Å². The largest absolute Gasteiger partial charge is 0.374 e. The number of aromatic amines is 1. The molecular formula is C33H41ClFN7O2. The van der Waals surface area contributed by atoms with Gasteiger partial charge in [-0.05, 0) is 99.7 Å². The van der Waals surface area contributed by atoms with E-state index < -0.39 is 11.5 Å². The van der Waals surface area contributed by atoms with E-state index >= 15 is 4.39 Å². The van der Waals surface area contributed by atoms with Gasteiger partial charge in [0.05, 0.1) is 34.4 Å². The van der Waals surface area contributed by atoms with Crippen LogP contribution in [-0.2, 0) is 11.2 Å². The Balaban J connectivity index is 1.36. The number of ether oxygens (including phenoxy) is 1. The molecular weight excluding hydrogens is 581 g/mol. The highest BCUT2D eigenvalue weighted by molar-refractivity contribution is 6.31. The molecule has 1 saturated heterocycles. The number of hydrogen-bond acceptors (Lipinski definition) is 6. The van der Waals surface area contributed by atoms with E-state index in [1.165, 1.54) is 4.57 Å². The van der Waals surface area contributed by atoms with Crippen LogP contribution in [0.15, 0.2) is 53.5 Å². The van der Waals surface area contributed by atoms with Gasteiger partial charge in [0.2, 0.25) is 0 Å². The molecule has 0 saturated carbocycles. The second-order valence-corrected chi connectivity index (χ2v) is 12.3. The Hall–Kier alpha value is -3.57. The van der Waals surface area contributed by atoms with Gasteiger partial charge in [0.25, 0.3) is 0 Å². The molecule has 2 aromatic carbocycles. The summed E-state index contributed by atoms with van der Waals surface area (Å²) in [6, 6.07) is 13.0. The van der Waals surface area contributed by atoms with Crippen LogP contribution in [0, 0.1) is 17.1 Å². The van der Waals surface area contributed by atoms with Crippen LogP contribution >= 0.6 is 11.6 Å². The van der Waals surface area contributed by atoms with E-state index in [1.54, 1.807) is 31.3 Å². The van der Waals surface area contributed by atoms with E-state index in [0.717, 1.165) is 56.2 Å². The maximum Gasteiger partial charge on any atom is 0.354 e. The Kier molecular flexibility index (Phi) is 10.2. The van der Waals surface area contributed by atoms with Gasteiger partial charge in [0.1, 0.15) is 5.65 Å². The minimum atomic E-state index is -0.523. The number of nitrogens with two attached hydrogens (primary N) is 2. The normalized spacial score (nSPS) is 19.3. The molecule has 0 spiro atoms. The molecule has 0 bridgehead atoms. The van der Waals surface area contributed by atoms with Gasteiger partial charge in [0.15, 0.2) is 5.82 Å². The molecule has 0 unspecified atom stereocenters. The molecule has 5 rings (SSSR count). The number of hydrogen-bond donors (Lipinski definition) is 5. The maximum absolute atomic E-state index is 15.1. The molecule has 9 nitrogen and oxygen atoms in total. The lowest BCUT2D eigenvalue weighted by Crippen LogP contribution is -2.35. The zero-order chi connectivity index (χ0) is 31.4. The predicted octanol–water partition coefficient (Wildman–Crippen LogP) is 5.62. The van der Waals surface area contributed by atoms with Gasteiger partial charge in [-0.2, -0.15) is 4.98 Å². The fourth-order valence-corrected chi connectivity index (χ4v) is 6.21. The second kappa shape index (κ2) is 14.0. The van der Waals surface area contributed by atoms with Crippen molar-refractivity contribution in [3.63, 3.8) is 0 Å². The highest BCUT2D eigenvalue weighted by atomic mass is 35.5. The topological polar surface area (TPSA) is 148 Å². The minimum Gasteiger partial charge on any atom is -0.374 e. The molecule has 234 valence electrons. The van der Waals surface area contributed by atoms with Crippen molar-refractivity contribution in [2.45, 2.75) is 70.6 Å². The summed E-state index contributed by atoms with van der Waals surface area (Å²) in [5.74, 6) is 0.374. The standard InChI is InChI=1S/C33H41ClFN7O2/c1-19(37)4-3-5-21-13-27(31(35)28(34)14-21)29-16-24-18-42(33(43)41-32(24)40-29)25-8-6-23(7-9-25)30-15-22(10-11-39-20(2)38)12-26(17-36)44-30/h6-9,13-14,16,18-19,22,26,30H,3-5,10-12,15,17,36-37H2,1-2H3,(H2,38,39)(H,40,41,43)/t19-,22+,26+,30+/m0/s1. The van der Waals surface area contributed by atoms with Crippen molar-refractivity contribution < 1.29 is 9.13 Å². The number of H-pyrrole nitrogens is 1. The van der Waals surface area contributed by atoms with E-state index in [0.29, 0.717) is 46.3 Å². The number of nitrogens with one attached hydrogen (secondary N) is 3. The number of fused-ring (bicyclic) bond motifs is 1. The average Bonchev–Trinajstić information content (AvgIpc) is 3.40. The fourth-order valence-electron chi connectivity index (χ4n) is 5.97. The van der Waals surface area contributed by atoms with Crippen molar-refractivity contribution in [2.75, 3.05) is 13.1 Å². The van der Waals surface area contributed by atoms with Crippen molar-refractivity contribution in [1.82, 2.24) is 19.9 Å². The first-order valence-electron chi connectivity index (χ1n) is 15.2. The average molecular weight is 622 g/mol. The lowest BCUT2D eigenvalue weighted by Gasteiger charge is -2.35.